The molecule has 2 N–H and O–H groups in total. The molecule has 0 heterocycles. The quantitative estimate of drug-likeness (QED) is 0.734. The smallest absolute Gasteiger partial charge is 0.306 e. The Morgan fingerprint density at radius 2 is 1.83 bits per heavy atom. The number of amides is 1. The molecule has 4 heteroatoms. The Bertz CT molecular complexity index is 285. The van der Waals surface area contributed by atoms with E-state index in [1.165, 1.54) is 0 Å². The lowest BCUT2D eigenvalue weighted by molar-refractivity contribution is -0.141. The van der Waals surface area contributed by atoms with Crippen LogP contribution in [0.15, 0.2) is 0 Å². The van der Waals surface area contributed by atoms with E-state index in [0.717, 1.165) is 32.1 Å². The summed E-state index contributed by atoms with van der Waals surface area (Å²) >= 11 is 0. The van der Waals surface area contributed by atoms with Gasteiger partial charge in [-0.2, -0.15) is 0 Å². The second-order valence-electron chi connectivity index (χ2n) is 5.33. The van der Waals surface area contributed by atoms with Crippen molar-refractivity contribution >= 4 is 11.9 Å². The molecule has 1 amide bonds. The molecule has 0 radical (unpaired) electrons. The summed E-state index contributed by atoms with van der Waals surface area (Å²) in [5.74, 6) is -0.782. The van der Waals surface area contributed by atoms with Crippen LogP contribution in [0.5, 0.6) is 0 Å². The maximum Gasteiger partial charge on any atom is 0.306 e. The van der Waals surface area contributed by atoms with Crippen molar-refractivity contribution in [1.82, 2.24) is 5.32 Å². The predicted octanol–water partition coefficient (Wildman–Crippen LogP) is 2.57. The van der Waals surface area contributed by atoms with Crippen LogP contribution in [-0.4, -0.2) is 23.0 Å². The van der Waals surface area contributed by atoms with Gasteiger partial charge in [0.1, 0.15) is 0 Å². The second kappa shape index (κ2) is 7.39. The maximum absolute atomic E-state index is 12.1. The lowest BCUT2D eigenvalue weighted by Crippen LogP contribution is -2.37. The molecule has 0 aromatic rings. The van der Waals surface area contributed by atoms with Crippen LogP contribution < -0.4 is 5.32 Å². The first kappa shape index (κ1) is 15.0. The second-order valence-corrected chi connectivity index (χ2v) is 5.33. The van der Waals surface area contributed by atoms with Crippen LogP contribution in [0.2, 0.25) is 0 Å². The molecule has 0 unspecified atom stereocenters. The molecule has 0 spiro atoms. The highest BCUT2D eigenvalue weighted by molar-refractivity contribution is 5.79. The van der Waals surface area contributed by atoms with Crippen molar-refractivity contribution in [3.05, 3.63) is 0 Å². The van der Waals surface area contributed by atoms with E-state index in [2.05, 4.69) is 19.2 Å². The van der Waals surface area contributed by atoms with Crippen molar-refractivity contribution in [3.8, 4) is 0 Å². The van der Waals surface area contributed by atoms with Crippen LogP contribution in [0.1, 0.15) is 58.8 Å². The van der Waals surface area contributed by atoms with Gasteiger partial charge in [0, 0.05) is 12.0 Å². The molecule has 0 aromatic heterocycles. The van der Waals surface area contributed by atoms with Gasteiger partial charge in [0.15, 0.2) is 0 Å². The monoisotopic (exact) mass is 255 g/mol. The fourth-order valence-corrected chi connectivity index (χ4v) is 2.76. The topological polar surface area (TPSA) is 66.4 Å². The van der Waals surface area contributed by atoms with Gasteiger partial charge in [-0.15, -0.1) is 0 Å². The van der Waals surface area contributed by atoms with Crippen molar-refractivity contribution in [2.75, 3.05) is 0 Å². The molecule has 1 fully saturated rings. The molecule has 0 aromatic carbocycles. The Morgan fingerprint density at radius 1 is 1.22 bits per heavy atom. The van der Waals surface area contributed by atoms with Gasteiger partial charge in [0.2, 0.25) is 5.91 Å². The summed E-state index contributed by atoms with van der Waals surface area (Å²) in [5.41, 5.74) is 0. The number of carboxylic acid groups (broad SMARTS) is 1. The zero-order chi connectivity index (χ0) is 13.5. The van der Waals surface area contributed by atoms with E-state index in [1.807, 2.05) is 0 Å². The van der Waals surface area contributed by atoms with Gasteiger partial charge in [0.05, 0.1) is 5.92 Å². The van der Waals surface area contributed by atoms with Gasteiger partial charge in [0.25, 0.3) is 0 Å². The Labute approximate surface area is 109 Å². The summed E-state index contributed by atoms with van der Waals surface area (Å²) in [5, 5.41) is 12.0. The first-order valence-electron chi connectivity index (χ1n) is 7.11. The number of carbonyl (C=O) groups excluding carboxylic acids is 1. The Balaban J connectivity index is 2.41. The van der Waals surface area contributed by atoms with Crippen molar-refractivity contribution in [3.63, 3.8) is 0 Å². The minimum Gasteiger partial charge on any atom is -0.481 e. The fourth-order valence-electron chi connectivity index (χ4n) is 2.76. The third-order valence-electron chi connectivity index (χ3n) is 3.77. The highest BCUT2D eigenvalue weighted by atomic mass is 16.4. The lowest BCUT2D eigenvalue weighted by Gasteiger charge is -2.19. The van der Waals surface area contributed by atoms with Crippen LogP contribution in [-0.2, 0) is 9.59 Å². The summed E-state index contributed by atoms with van der Waals surface area (Å²) in [6, 6.07) is 0.0646. The summed E-state index contributed by atoms with van der Waals surface area (Å²) in [7, 11) is 0. The molecule has 2 atom stereocenters. The molecule has 1 saturated carbocycles. The highest BCUT2D eigenvalue weighted by Crippen LogP contribution is 2.26. The molecule has 0 aliphatic heterocycles. The third-order valence-corrected chi connectivity index (χ3v) is 3.77. The first-order valence-corrected chi connectivity index (χ1v) is 7.11. The summed E-state index contributed by atoms with van der Waals surface area (Å²) in [4.78, 5) is 23.0. The summed E-state index contributed by atoms with van der Waals surface area (Å²) in [6.07, 6.45) is 5.96. The van der Waals surface area contributed by atoms with Crippen LogP contribution in [0, 0.1) is 11.8 Å². The number of hydrogen-bond donors (Lipinski definition) is 2. The Hall–Kier alpha value is -1.06. The molecule has 1 aliphatic carbocycles. The molecule has 0 bridgehead atoms. The number of carbonyl (C=O) groups is 2. The normalized spacial score (nSPS) is 23.3. The predicted molar refractivity (Wildman–Crippen MR) is 70.2 cm³/mol. The highest BCUT2D eigenvalue weighted by Gasteiger charge is 2.31. The molecule has 0 saturated heterocycles. The molecule has 1 rings (SSSR count). The standard InChI is InChI=1S/C14H25NO3/c1-3-5-10(6-4-2)13(16)15-12-8-7-11(9-12)14(17)18/h10-12H,3-9H2,1-2H3,(H,15,16)(H,17,18)/t11-,12+/m0/s1. The molecule has 4 nitrogen and oxygen atoms in total. The van der Waals surface area contributed by atoms with Gasteiger partial charge in [-0.1, -0.05) is 26.7 Å². The van der Waals surface area contributed by atoms with E-state index < -0.39 is 5.97 Å². The van der Waals surface area contributed by atoms with Crippen LogP contribution in [0.25, 0.3) is 0 Å². The minimum absolute atomic E-state index is 0.0646. The van der Waals surface area contributed by atoms with E-state index in [4.69, 9.17) is 5.11 Å². The fraction of sp³-hybridized carbons (Fsp3) is 0.857. The van der Waals surface area contributed by atoms with Crippen molar-refractivity contribution in [2.24, 2.45) is 11.8 Å². The number of carboxylic acids is 1. The SMILES string of the molecule is CCCC(CCC)C(=O)N[C@@H]1CC[C@H](C(=O)O)C1. The van der Waals surface area contributed by atoms with Gasteiger partial charge in [-0.05, 0) is 32.1 Å². The first-order chi connectivity index (χ1) is 8.58. The van der Waals surface area contributed by atoms with Gasteiger partial charge in [-0.25, -0.2) is 0 Å². The molecular weight excluding hydrogens is 230 g/mol. The molecule has 18 heavy (non-hydrogen) atoms. The zero-order valence-electron chi connectivity index (χ0n) is 11.4. The Morgan fingerprint density at radius 3 is 2.28 bits per heavy atom. The third kappa shape index (κ3) is 4.31. The lowest BCUT2D eigenvalue weighted by atomic mass is 9.97. The average Bonchev–Trinajstić information content (AvgIpc) is 2.77. The molecule has 104 valence electrons. The van der Waals surface area contributed by atoms with Crippen LogP contribution in [0.3, 0.4) is 0 Å². The van der Waals surface area contributed by atoms with Crippen molar-refractivity contribution < 1.29 is 14.7 Å². The summed E-state index contributed by atoms with van der Waals surface area (Å²) in [6.45, 7) is 4.18. The average molecular weight is 255 g/mol. The number of aliphatic carboxylic acids is 1. The Kier molecular flexibility index (Phi) is 6.16. The van der Waals surface area contributed by atoms with E-state index in [9.17, 15) is 9.59 Å². The number of nitrogens with one attached hydrogen (secondary N) is 1. The van der Waals surface area contributed by atoms with Gasteiger partial charge < -0.3 is 10.4 Å². The zero-order valence-corrected chi connectivity index (χ0v) is 11.4. The number of hydrogen-bond acceptors (Lipinski definition) is 2. The van der Waals surface area contributed by atoms with E-state index >= 15 is 0 Å². The van der Waals surface area contributed by atoms with Crippen molar-refractivity contribution in [2.45, 2.75) is 64.8 Å². The van der Waals surface area contributed by atoms with Crippen LogP contribution in [0.4, 0.5) is 0 Å². The summed E-state index contributed by atoms with van der Waals surface area (Å²) < 4.78 is 0. The van der Waals surface area contributed by atoms with E-state index in [-0.39, 0.29) is 23.8 Å². The molecular formula is C14H25NO3. The van der Waals surface area contributed by atoms with Gasteiger partial charge in [-0.3, -0.25) is 9.59 Å². The maximum atomic E-state index is 12.1. The van der Waals surface area contributed by atoms with Gasteiger partial charge >= 0.3 is 5.97 Å². The van der Waals surface area contributed by atoms with E-state index in [1.54, 1.807) is 0 Å². The molecule has 1 aliphatic rings. The van der Waals surface area contributed by atoms with E-state index in [0.29, 0.717) is 12.8 Å². The van der Waals surface area contributed by atoms with Crippen LogP contribution >= 0.6 is 0 Å². The largest absolute Gasteiger partial charge is 0.481 e. The minimum atomic E-state index is -0.731. The number of rotatable bonds is 7. The van der Waals surface area contributed by atoms with Crippen molar-refractivity contribution in [1.29, 1.82) is 0 Å².